The predicted octanol–water partition coefficient (Wildman–Crippen LogP) is 4.49. The minimum Gasteiger partial charge on any atom is -0.478 e. The zero-order valence-corrected chi connectivity index (χ0v) is 18.5. The van der Waals surface area contributed by atoms with Crippen LogP contribution in [0.4, 0.5) is 11.5 Å². The molecule has 0 unspecified atom stereocenters. The zero-order chi connectivity index (χ0) is 22.7. The smallest absolute Gasteiger partial charge is 0.335 e. The van der Waals surface area contributed by atoms with Crippen LogP contribution in [0.3, 0.4) is 0 Å². The standard InChI is InChI=1S/C25H28N4O3/c1-17-12-21(26-23(14-17)28-10-4-3-5-11-28)16-29-15-18(2)13-22(29)24(30)27-20-8-6-19(7-9-20)25(31)32/h6-9,12-15H,3-5,10-11,16H2,1-2H3,(H,27,30)(H,31,32). The Bertz CT molecular complexity index is 1130. The Morgan fingerprint density at radius 1 is 1.00 bits per heavy atom. The van der Waals surface area contributed by atoms with E-state index in [2.05, 4.69) is 29.3 Å². The van der Waals surface area contributed by atoms with E-state index in [1.54, 1.807) is 12.1 Å². The molecule has 0 spiro atoms. The van der Waals surface area contributed by atoms with Crippen molar-refractivity contribution >= 4 is 23.4 Å². The van der Waals surface area contributed by atoms with Crippen LogP contribution in [0.5, 0.6) is 0 Å². The molecule has 2 N–H and O–H groups in total. The summed E-state index contributed by atoms with van der Waals surface area (Å²) in [6, 6.07) is 12.2. The van der Waals surface area contributed by atoms with Crippen LogP contribution in [0.1, 0.15) is 56.9 Å². The summed E-state index contributed by atoms with van der Waals surface area (Å²) in [5, 5.41) is 11.9. The number of pyridine rings is 1. The normalized spacial score (nSPS) is 13.8. The van der Waals surface area contributed by atoms with Crippen LogP contribution in [0.15, 0.2) is 48.7 Å². The third-order valence-electron chi connectivity index (χ3n) is 5.68. The van der Waals surface area contributed by atoms with E-state index in [0.717, 1.165) is 35.7 Å². The van der Waals surface area contributed by atoms with Gasteiger partial charge >= 0.3 is 5.97 Å². The molecule has 1 aliphatic rings. The number of piperidine rings is 1. The number of carbonyl (C=O) groups excluding carboxylic acids is 1. The average molecular weight is 433 g/mol. The van der Waals surface area contributed by atoms with E-state index in [9.17, 15) is 9.59 Å². The highest BCUT2D eigenvalue weighted by Gasteiger charge is 2.16. The Labute approximate surface area is 187 Å². The van der Waals surface area contributed by atoms with Crippen molar-refractivity contribution in [2.45, 2.75) is 39.7 Å². The van der Waals surface area contributed by atoms with Crippen LogP contribution in [0.25, 0.3) is 0 Å². The number of benzene rings is 1. The largest absolute Gasteiger partial charge is 0.478 e. The van der Waals surface area contributed by atoms with Gasteiger partial charge in [-0.25, -0.2) is 9.78 Å². The Kier molecular flexibility index (Phi) is 6.25. The predicted molar refractivity (Wildman–Crippen MR) is 125 cm³/mol. The summed E-state index contributed by atoms with van der Waals surface area (Å²) in [7, 11) is 0. The van der Waals surface area contributed by atoms with Crippen molar-refractivity contribution in [1.82, 2.24) is 9.55 Å². The number of anilines is 2. The molecule has 0 atom stereocenters. The molecule has 32 heavy (non-hydrogen) atoms. The molecule has 1 saturated heterocycles. The van der Waals surface area contributed by atoms with Crippen molar-refractivity contribution in [2.75, 3.05) is 23.3 Å². The second-order valence-corrected chi connectivity index (χ2v) is 8.41. The molecule has 1 aliphatic heterocycles. The van der Waals surface area contributed by atoms with Crippen LogP contribution < -0.4 is 10.2 Å². The van der Waals surface area contributed by atoms with Crippen LogP contribution in [-0.2, 0) is 6.54 Å². The van der Waals surface area contributed by atoms with Gasteiger partial charge in [-0.3, -0.25) is 4.79 Å². The summed E-state index contributed by atoms with van der Waals surface area (Å²) in [6.45, 7) is 6.60. The number of amides is 1. The van der Waals surface area contributed by atoms with Crippen LogP contribution in [0.2, 0.25) is 0 Å². The molecule has 1 amide bonds. The highest BCUT2D eigenvalue weighted by atomic mass is 16.4. The molecule has 0 saturated carbocycles. The van der Waals surface area contributed by atoms with Crippen molar-refractivity contribution in [2.24, 2.45) is 0 Å². The average Bonchev–Trinajstić information content (AvgIpc) is 3.14. The lowest BCUT2D eigenvalue weighted by molar-refractivity contribution is 0.0696. The van der Waals surface area contributed by atoms with Gasteiger partial charge in [-0.1, -0.05) is 0 Å². The van der Waals surface area contributed by atoms with Gasteiger partial charge in [0.25, 0.3) is 5.91 Å². The van der Waals surface area contributed by atoms with Crippen molar-refractivity contribution in [3.63, 3.8) is 0 Å². The van der Waals surface area contributed by atoms with E-state index in [0.29, 0.717) is 17.9 Å². The van der Waals surface area contributed by atoms with Gasteiger partial charge in [-0.05, 0) is 86.7 Å². The molecule has 2 aromatic heterocycles. The third kappa shape index (κ3) is 4.99. The SMILES string of the molecule is Cc1cc(Cn2cc(C)cc2C(=O)Nc2ccc(C(=O)O)cc2)nc(N2CCCCC2)c1. The van der Waals surface area contributed by atoms with Gasteiger partial charge in [0, 0.05) is 25.0 Å². The van der Waals surface area contributed by atoms with Gasteiger partial charge in [0.2, 0.25) is 0 Å². The molecule has 166 valence electrons. The molecule has 1 fully saturated rings. The zero-order valence-electron chi connectivity index (χ0n) is 18.5. The summed E-state index contributed by atoms with van der Waals surface area (Å²) in [5.74, 6) is -0.236. The second-order valence-electron chi connectivity index (χ2n) is 8.41. The van der Waals surface area contributed by atoms with Gasteiger partial charge < -0.3 is 19.9 Å². The van der Waals surface area contributed by atoms with Crippen LogP contribution in [0, 0.1) is 13.8 Å². The summed E-state index contributed by atoms with van der Waals surface area (Å²) in [4.78, 5) is 31.2. The molecule has 7 heteroatoms. The van der Waals surface area contributed by atoms with Gasteiger partial charge in [-0.2, -0.15) is 0 Å². The number of hydrogen-bond donors (Lipinski definition) is 2. The van der Waals surface area contributed by atoms with Crippen molar-refractivity contribution in [3.8, 4) is 0 Å². The summed E-state index contributed by atoms with van der Waals surface area (Å²) in [6.07, 6.45) is 5.61. The highest BCUT2D eigenvalue weighted by molar-refractivity contribution is 6.03. The lowest BCUT2D eigenvalue weighted by Crippen LogP contribution is -2.30. The van der Waals surface area contributed by atoms with Crippen molar-refractivity contribution < 1.29 is 14.7 Å². The second kappa shape index (κ2) is 9.26. The number of aromatic carboxylic acids is 1. The fourth-order valence-corrected chi connectivity index (χ4v) is 4.13. The molecule has 1 aromatic carbocycles. The maximum absolute atomic E-state index is 13.0. The lowest BCUT2D eigenvalue weighted by atomic mass is 10.1. The quantitative estimate of drug-likeness (QED) is 0.599. The first-order valence-electron chi connectivity index (χ1n) is 10.9. The van der Waals surface area contributed by atoms with Crippen LogP contribution >= 0.6 is 0 Å². The number of carboxylic acid groups (broad SMARTS) is 1. The number of nitrogens with one attached hydrogen (secondary N) is 1. The van der Waals surface area contributed by atoms with Crippen LogP contribution in [-0.4, -0.2) is 39.6 Å². The molecule has 0 radical (unpaired) electrons. The minimum atomic E-state index is -0.998. The number of carboxylic acids is 1. The molecule has 4 rings (SSSR count). The first-order valence-corrected chi connectivity index (χ1v) is 10.9. The molecule has 3 heterocycles. The fourth-order valence-electron chi connectivity index (χ4n) is 4.13. The highest BCUT2D eigenvalue weighted by Crippen LogP contribution is 2.21. The van der Waals surface area contributed by atoms with Gasteiger partial charge in [-0.15, -0.1) is 0 Å². The van der Waals surface area contributed by atoms with E-state index in [4.69, 9.17) is 10.1 Å². The van der Waals surface area contributed by atoms with Crippen molar-refractivity contribution in [1.29, 1.82) is 0 Å². The lowest BCUT2D eigenvalue weighted by Gasteiger charge is -2.28. The maximum Gasteiger partial charge on any atom is 0.335 e. The van der Waals surface area contributed by atoms with E-state index < -0.39 is 5.97 Å². The van der Waals surface area contributed by atoms with E-state index in [1.807, 2.05) is 23.8 Å². The Morgan fingerprint density at radius 2 is 1.72 bits per heavy atom. The van der Waals surface area contributed by atoms with E-state index >= 15 is 0 Å². The van der Waals surface area contributed by atoms with E-state index in [-0.39, 0.29) is 11.5 Å². The summed E-state index contributed by atoms with van der Waals surface area (Å²) in [5.41, 5.74) is 4.32. The van der Waals surface area contributed by atoms with Crippen molar-refractivity contribution in [3.05, 3.63) is 76.7 Å². The first-order chi connectivity index (χ1) is 15.4. The monoisotopic (exact) mass is 432 g/mol. The number of rotatable bonds is 6. The number of nitrogens with zero attached hydrogens (tertiary/aromatic N) is 3. The Balaban J connectivity index is 1.54. The summed E-state index contributed by atoms with van der Waals surface area (Å²) < 4.78 is 1.91. The van der Waals surface area contributed by atoms with E-state index in [1.165, 1.54) is 31.4 Å². The van der Waals surface area contributed by atoms with Gasteiger partial charge in [0.1, 0.15) is 11.5 Å². The number of hydrogen-bond acceptors (Lipinski definition) is 4. The fraction of sp³-hybridized carbons (Fsp3) is 0.320. The van der Waals surface area contributed by atoms with Gasteiger partial charge in [0.15, 0.2) is 0 Å². The molecule has 3 aromatic rings. The third-order valence-corrected chi connectivity index (χ3v) is 5.68. The number of aromatic nitrogens is 2. The maximum atomic E-state index is 13.0. The number of aryl methyl sites for hydroxylation is 2. The number of carbonyl (C=O) groups is 2. The Hall–Kier alpha value is -3.61. The Morgan fingerprint density at radius 3 is 2.41 bits per heavy atom. The summed E-state index contributed by atoms with van der Waals surface area (Å²) >= 11 is 0. The molecule has 0 aliphatic carbocycles. The minimum absolute atomic E-state index is 0.178. The first kappa shape index (κ1) is 21.6. The molecule has 0 bridgehead atoms. The molecule has 7 nitrogen and oxygen atoms in total. The molecular weight excluding hydrogens is 404 g/mol. The topological polar surface area (TPSA) is 87.5 Å². The van der Waals surface area contributed by atoms with Gasteiger partial charge in [0.05, 0.1) is 17.8 Å². The molecular formula is C25H28N4O3.